The number of ether oxygens (including phenoxy) is 1. The van der Waals surface area contributed by atoms with Gasteiger partial charge in [0.1, 0.15) is 18.9 Å². The molecule has 5 N–H and O–H groups in total. The first-order chi connectivity index (χ1) is 13.5. The highest BCUT2D eigenvalue weighted by atomic mass is 31.2. The number of hydrogen-bond donors (Lipinski definition) is 5. The average Bonchev–Trinajstić information content (AvgIpc) is 2.64. The van der Waals surface area contributed by atoms with Gasteiger partial charge in [-0.1, -0.05) is 44.2 Å². The molecule has 164 valence electrons. The number of carbonyl (C=O) groups is 2. The Morgan fingerprint density at radius 3 is 2.34 bits per heavy atom. The number of aliphatic hydroxyl groups is 1. The highest BCUT2D eigenvalue weighted by Gasteiger charge is 2.31. The Balaban J connectivity index is 2.58. The summed E-state index contributed by atoms with van der Waals surface area (Å²) in [5.41, 5.74) is 0.786. The molecule has 0 aliphatic heterocycles. The minimum Gasteiger partial charge on any atom is -0.480 e. The molecule has 1 rings (SSSR count). The Bertz CT molecular complexity index is 699. The van der Waals surface area contributed by atoms with Crippen LogP contribution < -0.4 is 10.6 Å². The van der Waals surface area contributed by atoms with Gasteiger partial charge in [-0.15, -0.1) is 0 Å². The van der Waals surface area contributed by atoms with Crippen molar-refractivity contribution in [3.63, 3.8) is 0 Å². The first kappa shape index (κ1) is 25.1. The zero-order valence-electron chi connectivity index (χ0n) is 16.9. The molecule has 4 atom stereocenters. The molecule has 0 aromatic heterocycles. The lowest BCUT2D eigenvalue weighted by Gasteiger charge is -2.28. The molecule has 1 aromatic rings. The van der Waals surface area contributed by atoms with Crippen LogP contribution in [0.3, 0.4) is 0 Å². The van der Waals surface area contributed by atoms with Crippen LogP contribution in [-0.4, -0.2) is 51.9 Å². The first-order valence-corrected chi connectivity index (χ1v) is 11.5. The molecule has 4 unspecified atom stereocenters. The Morgan fingerprint density at radius 1 is 1.17 bits per heavy atom. The molecule has 0 fully saturated rings. The fraction of sp³-hybridized carbons (Fsp3) is 0.579. The van der Waals surface area contributed by atoms with E-state index in [1.807, 2.05) is 19.9 Å². The lowest BCUT2D eigenvalue weighted by Crippen LogP contribution is -2.46. The smallest absolute Gasteiger partial charge is 0.407 e. The van der Waals surface area contributed by atoms with E-state index in [4.69, 9.17) is 9.84 Å². The van der Waals surface area contributed by atoms with Gasteiger partial charge < -0.3 is 25.2 Å². The van der Waals surface area contributed by atoms with Gasteiger partial charge in [-0.05, 0) is 24.8 Å². The summed E-state index contributed by atoms with van der Waals surface area (Å²) in [5, 5.41) is 24.1. The number of carbonyl (C=O) groups excluding carboxylic acids is 1. The molecule has 0 saturated heterocycles. The Hall–Kier alpha value is -1.93. The number of aliphatic carboxylic acids is 1. The van der Waals surface area contributed by atoms with Crippen molar-refractivity contribution in [2.45, 2.75) is 46.1 Å². The quantitative estimate of drug-likeness (QED) is 0.251. The molecule has 29 heavy (non-hydrogen) atoms. The van der Waals surface area contributed by atoms with E-state index in [1.54, 1.807) is 24.3 Å². The molecular formula is C19H31N2O7P. The number of amides is 1. The van der Waals surface area contributed by atoms with Crippen molar-refractivity contribution in [3.05, 3.63) is 35.9 Å². The molecule has 0 aliphatic carbocycles. The zero-order valence-corrected chi connectivity index (χ0v) is 17.8. The second kappa shape index (κ2) is 11.9. The van der Waals surface area contributed by atoms with Crippen molar-refractivity contribution >= 4 is 19.4 Å². The number of alkyl carbamates (subject to hydrolysis) is 1. The van der Waals surface area contributed by atoms with E-state index >= 15 is 0 Å². The predicted molar refractivity (Wildman–Crippen MR) is 109 cm³/mol. The maximum absolute atomic E-state index is 12.5. The summed E-state index contributed by atoms with van der Waals surface area (Å²) < 4.78 is 17.5. The Morgan fingerprint density at radius 2 is 1.79 bits per heavy atom. The summed E-state index contributed by atoms with van der Waals surface area (Å²) in [6.45, 7) is 5.19. The number of carboxylic acid groups (broad SMARTS) is 1. The lowest BCUT2D eigenvalue weighted by atomic mass is 9.97. The predicted octanol–water partition coefficient (Wildman–Crippen LogP) is 2.18. The molecule has 9 nitrogen and oxygen atoms in total. The number of rotatable bonds is 12. The molecule has 10 heteroatoms. The summed E-state index contributed by atoms with van der Waals surface area (Å²) in [5.74, 6) is -1.68. The maximum atomic E-state index is 12.5. The number of benzene rings is 1. The van der Waals surface area contributed by atoms with Crippen LogP contribution in [0, 0.1) is 11.8 Å². The van der Waals surface area contributed by atoms with Crippen LogP contribution in [0.25, 0.3) is 0 Å². The normalized spacial score (nSPS) is 16.5. The van der Waals surface area contributed by atoms with E-state index in [1.165, 1.54) is 6.92 Å². The van der Waals surface area contributed by atoms with Gasteiger partial charge in [0.2, 0.25) is 7.37 Å². The van der Waals surface area contributed by atoms with Crippen molar-refractivity contribution in [2.75, 3.05) is 12.4 Å². The molecular weight excluding hydrogens is 399 g/mol. The van der Waals surface area contributed by atoms with Gasteiger partial charge in [-0.3, -0.25) is 14.7 Å². The molecule has 0 radical (unpaired) electrons. The number of hydrogen-bond acceptors (Lipinski definition) is 6. The first-order valence-electron chi connectivity index (χ1n) is 9.42. The summed E-state index contributed by atoms with van der Waals surface area (Å²) in [7, 11) is -3.83. The zero-order chi connectivity index (χ0) is 22.0. The van der Waals surface area contributed by atoms with Crippen LogP contribution in [0.4, 0.5) is 4.79 Å². The van der Waals surface area contributed by atoms with E-state index in [-0.39, 0.29) is 18.7 Å². The summed E-state index contributed by atoms with van der Waals surface area (Å²) in [4.78, 5) is 33.0. The van der Waals surface area contributed by atoms with Gasteiger partial charge in [0.15, 0.2) is 0 Å². The van der Waals surface area contributed by atoms with Crippen molar-refractivity contribution in [1.82, 2.24) is 10.6 Å². The minimum atomic E-state index is -3.83. The van der Waals surface area contributed by atoms with Crippen LogP contribution in [0.2, 0.25) is 0 Å². The fourth-order valence-electron chi connectivity index (χ4n) is 2.77. The van der Waals surface area contributed by atoms with Gasteiger partial charge in [0.05, 0.1) is 6.29 Å². The van der Waals surface area contributed by atoms with E-state index in [0.29, 0.717) is 6.42 Å². The standard InChI is InChI=1S/C19H31N2O7P/c1-13(2)9-16(17(22)21-14(3)18(23)24)11-29(26,27)12-20-19(25)28-10-15-7-5-4-6-8-15/h4-8,13-14,16-17,21-22H,9-12H2,1-3H3,(H,20,25)(H,23,24)(H,26,27). The largest absolute Gasteiger partial charge is 0.480 e. The number of nitrogens with one attached hydrogen (secondary N) is 2. The summed E-state index contributed by atoms with van der Waals surface area (Å²) >= 11 is 0. The molecule has 0 bridgehead atoms. The van der Waals surface area contributed by atoms with Crippen LogP contribution in [0.5, 0.6) is 0 Å². The molecule has 0 aliphatic rings. The van der Waals surface area contributed by atoms with Crippen molar-refractivity contribution < 1.29 is 34.0 Å². The van der Waals surface area contributed by atoms with Gasteiger partial charge >= 0.3 is 12.1 Å². The van der Waals surface area contributed by atoms with E-state index < -0.39 is 43.9 Å². The van der Waals surface area contributed by atoms with Crippen molar-refractivity contribution in [1.29, 1.82) is 0 Å². The SMILES string of the molecule is CC(C)CC(CP(=O)(O)CNC(=O)OCc1ccccc1)C(O)NC(C)C(=O)O. The monoisotopic (exact) mass is 430 g/mol. The van der Waals surface area contributed by atoms with Gasteiger partial charge in [-0.25, -0.2) is 4.79 Å². The van der Waals surface area contributed by atoms with Crippen LogP contribution in [0.15, 0.2) is 30.3 Å². The van der Waals surface area contributed by atoms with E-state index in [0.717, 1.165) is 5.56 Å². The molecule has 1 amide bonds. The third-order valence-corrected chi connectivity index (χ3v) is 5.91. The highest BCUT2D eigenvalue weighted by molar-refractivity contribution is 7.57. The molecule has 0 saturated carbocycles. The molecule has 0 heterocycles. The van der Waals surface area contributed by atoms with Crippen LogP contribution in [0.1, 0.15) is 32.8 Å². The highest BCUT2D eigenvalue weighted by Crippen LogP contribution is 2.43. The lowest BCUT2D eigenvalue weighted by molar-refractivity contribution is -0.140. The third kappa shape index (κ3) is 10.4. The van der Waals surface area contributed by atoms with Gasteiger partial charge in [-0.2, -0.15) is 0 Å². The molecule has 0 spiro atoms. The Labute approximate surface area is 170 Å². The third-order valence-electron chi connectivity index (χ3n) is 4.21. The number of aliphatic hydroxyl groups excluding tert-OH is 1. The Kier molecular flexibility index (Phi) is 10.3. The minimum absolute atomic E-state index is 0.0358. The van der Waals surface area contributed by atoms with Gasteiger partial charge in [0.25, 0.3) is 0 Å². The second-order valence-corrected chi connectivity index (χ2v) is 9.86. The maximum Gasteiger partial charge on any atom is 0.407 e. The van der Waals surface area contributed by atoms with Crippen LogP contribution >= 0.6 is 7.37 Å². The van der Waals surface area contributed by atoms with Crippen molar-refractivity contribution in [2.24, 2.45) is 11.8 Å². The average molecular weight is 430 g/mol. The van der Waals surface area contributed by atoms with Crippen molar-refractivity contribution in [3.8, 4) is 0 Å². The topological polar surface area (TPSA) is 145 Å². The van der Waals surface area contributed by atoms with Crippen LogP contribution in [-0.2, 0) is 20.7 Å². The van der Waals surface area contributed by atoms with Gasteiger partial charge in [0, 0.05) is 12.1 Å². The second-order valence-electron chi connectivity index (χ2n) is 7.49. The molecule has 1 aromatic carbocycles. The summed E-state index contributed by atoms with van der Waals surface area (Å²) in [6.07, 6.45) is -2.46. The fourth-order valence-corrected chi connectivity index (χ4v) is 4.35. The van der Waals surface area contributed by atoms with E-state index in [2.05, 4.69) is 10.6 Å². The number of carboxylic acids is 1. The van der Waals surface area contributed by atoms with E-state index in [9.17, 15) is 24.2 Å². The summed E-state index contributed by atoms with van der Waals surface area (Å²) in [6, 6.07) is 8.00.